The molecule has 33 heavy (non-hydrogen) atoms. The molecule has 0 fully saturated rings. The number of aromatic nitrogens is 1. The van der Waals surface area contributed by atoms with Gasteiger partial charge in [0.05, 0.1) is 17.0 Å². The normalized spacial score (nSPS) is 12.6. The molecule has 3 rings (SSSR count). The number of carbonyl (C=O) groups excluding carboxylic acids is 1. The number of fused-ring (bicyclic) bond motifs is 1. The number of carbonyl (C=O) groups is 1. The van der Waals surface area contributed by atoms with Crippen LogP contribution in [0.4, 0.5) is 13.2 Å². The van der Waals surface area contributed by atoms with Crippen LogP contribution in [0.25, 0.3) is 10.9 Å². The van der Waals surface area contributed by atoms with Crippen molar-refractivity contribution in [3.63, 3.8) is 0 Å². The lowest BCUT2D eigenvalue weighted by atomic mass is 10.1. The maximum absolute atomic E-state index is 13.1. The number of ether oxygens (including phenoxy) is 1. The first-order valence-corrected chi connectivity index (χ1v) is 12.2. The topological polar surface area (TPSA) is 109 Å². The van der Waals surface area contributed by atoms with Crippen molar-refractivity contribution in [2.24, 2.45) is 0 Å². The van der Waals surface area contributed by atoms with Gasteiger partial charge in [0.15, 0.2) is 0 Å². The van der Waals surface area contributed by atoms with Crippen molar-refractivity contribution in [2.45, 2.75) is 30.7 Å². The molecule has 0 saturated carbocycles. The van der Waals surface area contributed by atoms with E-state index < -0.39 is 37.4 Å². The van der Waals surface area contributed by atoms with Crippen molar-refractivity contribution in [2.75, 3.05) is 6.61 Å². The monoisotopic (exact) mass is 505 g/mol. The summed E-state index contributed by atoms with van der Waals surface area (Å²) in [4.78, 5) is 11.1. The predicted molar refractivity (Wildman–Crippen MR) is 112 cm³/mol. The van der Waals surface area contributed by atoms with Gasteiger partial charge in [-0.3, -0.25) is 4.79 Å². The summed E-state index contributed by atoms with van der Waals surface area (Å²) in [5.41, 5.74) is -4.83. The van der Waals surface area contributed by atoms with Crippen LogP contribution in [0.3, 0.4) is 0 Å². The molecular formula is C20H18F3NO7S2. The fourth-order valence-corrected chi connectivity index (χ4v) is 4.90. The number of nitrogens with zero attached hydrogens (tertiary/aromatic N) is 1. The van der Waals surface area contributed by atoms with Gasteiger partial charge in [0, 0.05) is 30.5 Å². The van der Waals surface area contributed by atoms with E-state index in [9.17, 15) is 34.8 Å². The van der Waals surface area contributed by atoms with Crippen LogP contribution in [-0.4, -0.2) is 38.9 Å². The third-order valence-corrected chi connectivity index (χ3v) is 7.29. The molecule has 0 unspecified atom stereocenters. The van der Waals surface area contributed by atoms with Gasteiger partial charge in [0.25, 0.3) is 10.0 Å². The second kappa shape index (κ2) is 8.71. The van der Waals surface area contributed by atoms with Crippen LogP contribution in [0.15, 0.2) is 53.6 Å². The summed E-state index contributed by atoms with van der Waals surface area (Å²) in [7, 11) is -10.1. The summed E-state index contributed by atoms with van der Waals surface area (Å²) in [6.45, 7) is 2.61. The number of esters is 1. The number of halogens is 3. The minimum atomic E-state index is -5.98. The zero-order valence-electron chi connectivity index (χ0n) is 17.3. The molecule has 0 saturated heterocycles. The first kappa shape index (κ1) is 24.6. The van der Waals surface area contributed by atoms with Crippen molar-refractivity contribution in [1.29, 1.82) is 0 Å². The van der Waals surface area contributed by atoms with E-state index in [-0.39, 0.29) is 34.4 Å². The molecule has 13 heteroatoms. The largest absolute Gasteiger partial charge is 0.534 e. The number of aryl methyl sites for hydroxylation is 1. The highest BCUT2D eigenvalue weighted by molar-refractivity contribution is 7.90. The van der Waals surface area contributed by atoms with Gasteiger partial charge < -0.3 is 8.92 Å². The van der Waals surface area contributed by atoms with Gasteiger partial charge in [0.2, 0.25) is 0 Å². The summed E-state index contributed by atoms with van der Waals surface area (Å²) >= 11 is 0. The van der Waals surface area contributed by atoms with Crippen LogP contribution in [0.5, 0.6) is 5.75 Å². The fourth-order valence-electron chi connectivity index (χ4n) is 3.06. The Bertz CT molecular complexity index is 1410. The Morgan fingerprint density at radius 3 is 2.21 bits per heavy atom. The average Bonchev–Trinajstić information content (AvgIpc) is 3.13. The highest BCUT2D eigenvalue weighted by Crippen LogP contribution is 2.35. The SMILES string of the molecule is CC(=O)OCCc1c(OS(=O)(=O)C(F)(F)F)ccc2c1ccn2S(=O)(=O)c1ccc(C)cc1. The first-order chi connectivity index (χ1) is 15.2. The molecule has 1 heterocycles. The number of hydrogen-bond acceptors (Lipinski definition) is 7. The summed E-state index contributed by atoms with van der Waals surface area (Å²) in [5.74, 6) is -1.32. The fraction of sp³-hybridized carbons (Fsp3) is 0.250. The van der Waals surface area contributed by atoms with Gasteiger partial charge in [-0.2, -0.15) is 21.6 Å². The number of rotatable bonds is 7. The first-order valence-electron chi connectivity index (χ1n) is 9.33. The van der Waals surface area contributed by atoms with Crippen molar-refractivity contribution in [1.82, 2.24) is 3.97 Å². The van der Waals surface area contributed by atoms with Crippen LogP contribution in [0.2, 0.25) is 0 Å². The van der Waals surface area contributed by atoms with E-state index in [0.717, 1.165) is 28.6 Å². The standard InChI is InChI=1S/C20H18F3NO7S2/c1-13-3-5-15(6-4-13)32(26,27)24-11-9-16-17(10-12-30-14(2)25)19(8-7-18(16)24)31-33(28,29)20(21,22)23/h3-9,11H,10,12H2,1-2H3. The van der Waals surface area contributed by atoms with Crippen LogP contribution in [0.1, 0.15) is 18.1 Å². The van der Waals surface area contributed by atoms with Gasteiger partial charge in [0.1, 0.15) is 5.75 Å². The Morgan fingerprint density at radius 2 is 1.64 bits per heavy atom. The highest BCUT2D eigenvalue weighted by atomic mass is 32.2. The molecule has 8 nitrogen and oxygen atoms in total. The zero-order chi connectivity index (χ0) is 24.6. The molecule has 2 aromatic carbocycles. The molecule has 178 valence electrons. The maximum Gasteiger partial charge on any atom is 0.534 e. The van der Waals surface area contributed by atoms with Crippen LogP contribution in [0, 0.1) is 6.92 Å². The second-order valence-electron chi connectivity index (χ2n) is 6.98. The highest BCUT2D eigenvalue weighted by Gasteiger charge is 2.48. The molecule has 0 spiro atoms. The quantitative estimate of drug-likeness (QED) is 0.275. The van der Waals surface area contributed by atoms with E-state index in [1.54, 1.807) is 19.1 Å². The molecule has 0 N–H and O–H groups in total. The second-order valence-corrected chi connectivity index (χ2v) is 10.3. The molecule has 0 atom stereocenters. The van der Waals surface area contributed by atoms with Gasteiger partial charge in [-0.25, -0.2) is 12.4 Å². The van der Waals surface area contributed by atoms with Crippen molar-refractivity contribution >= 4 is 37.0 Å². The van der Waals surface area contributed by atoms with E-state index >= 15 is 0 Å². The maximum atomic E-state index is 13.1. The van der Waals surface area contributed by atoms with E-state index in [2.05, 4.69) is 4.18 Å². The Kier molecular flexibility index (Phi) is 6.48. The van der Waals surface area contributed by atoms with Crippen molar-refractivity contribution in [3.8, 4) is 5.75 Å². The summed E-state index contributed by atoms with van der Waals surface area (Å²) in [5, 5.41) is 0.118. The van der Waals surface area contributed by atoms with E-state index in [1.807, 2.05) is 0 Å². The lowest BCUT2D eigenvalue weighted by Gasteiger charge is -2.15. The van der Waals surface area contributed by atoms with Crippen LogP contribution in [-0.2, 0) is 36.1 Å². The molecule has 0 aliphatic rings. The van der Waals surface area contributed by atoms with Crippen molar-refractivity contribution < 1.29 is 43.7 Å². The Labute approximate surface area is 187 Å². The summed E-state index contributed by atoms with van der Waals surface area (Å²) in [6.07, 6.45) is 0.964. The van der Waals surface area contributed by atoms with Crippen LogP contribution < -0.4 is 4.18 Å². The Balaban J connectivity index is 2.15. The smallest absolute Gasteiger partial charge is 0.466 e. The van der Waals surface area contributed by atoms with Gasteiger partial charge in [-0.05, 0) is 37.3 Å². The number of alkyl halides is 3. The Morgan fingerprint density at radius 1 is 1.00 bits per heavy atom. The summed E-state index contributed by atoms with van der Waals surface area (Å²) < 4.78 is 97.8. The molecule has 0 bridgehead atoms. The number of hydrogen-bond donors (Lipinski definition) is 0. The lowest BCUT2D eigenvalue weighted by molar-refractivity contribution is -0.140. The third kappa shape index (κ3) is 4.98. The zero-order valence-corrected chi connectivity index (χ0v) is 18.9. The molecule has 3 aromatic rings. The Hall–Kier alpha value is -3.06. The molecular weight excluding hydrogens is 487 g/mol. The molecule has 0 radical (unpaired) electrons. The summed E-state index contributed by atoms with van der Waals surface area (Å²) in [6, 6.07) is 9.40. The van der Waals surface area contributed by atoms with Gasteiger partial charge in [-0.1, -0.05) is 17.7 Å². The molecule has 0 aliphatic carbocycles. The minimum absolute atomic E-state index is 0.0213. The van der Waals surface area contributed by atoms with Crippen molar-refractivity contribution in [3.05, 3.63) is 59.8 Å². The molecule has 1 aromatic heterocycles. The lowest BCUT2D eigenvalue weighted by Crippen LogP contribution is -2.28. The van der Waals surface area contributed by atoms with E-state index in [1.165, 1.54) is 24.4 Å². The predicted octanol–water partition coefficient (Wildman–Crippen LogP) is 3.52. The van der Waals surface area contributed by atoms with E-state index in [4.69, 9.17) is 4.74 Å². The minimum Gasteiger partial charge on any atom is -0.466 e. The average molecular weight is 505 g/mol. The third-order valence-electron chi connectivity index (χ3n) is 4.62. The van der Waals surface area contributed by atoms with Crippen LogP contribution >= 0.6 is 0 Å². The molecule has 0 aliphatic heterocycles. The van der Waals surface area contributed by atoms with Gasteiger partial charge in [-0.15, -0.1) is 0 Å². The number of benzene rings is 2. The molecule has 0 amide bonds. The van der Waals surface area contributed by atoms with E-state index in [0.29, 0.717) is 0 Å². The van der Waals surface area contributed by atoms with Gasteiger partial charge >= 0.3 is 21.6 Å².